The van der Waals surface area contributed by atoms with E-state index in [2.05, 4.69) is 12.6 Å². The van der Waals surface area contributed by atoms with Crippen molar-refractivity contribution in [2.75, 3.05) is 13.2 Å². The first-order valence-corrected chi connectivity index (χ1v) is 8.58. The van der Waals surface area contributed by atoms with Crippen LogP contribution in [0.15, 0.2) is 24.3 Å². The van der Waals surface area contributed by atoms with Crippen LogP contribution in [-0.2, 0) is 16.1 Å². The van der Waals surface area contributed by atoms with Crippen molar-refractivity contribution in [2.24, 2.45) is 5.73 Å². The Hall–Kier alpha value is -2.33. The van der Waals surface area contributed by atoms with Gasteiger partial charge < -0.3 is 15.6 Å². The highest BCUT2D eigenvalue weighted by molar-refractivity contribution is 7.81. The number of non-ortho nitro benzene ring substituents is 1. The first-order chi connectivity index (χ1) is 12.3. The molecule has 0 spiro atoms. The Bertz CT molecular complexity index is 683. The number of likely N-dealkylation sites (tertiary alicyclic amines) is 1. The number of hydrogen-bond donors (Lipinski definition) is 3. The molecule has 142 valence electrons. The van der Waals surface area contributed by atoms with Gasteiger partial charge in [0.1, 0.15) is 12.1 Å². The summed E-state index contributed by atoms with van der Waals surface area (Å²) in [5.41, 5.74) is 4.83. The van der Waals surface area contributed by atoms with Gasteiger partial charge >= 0.3 is 6.09 Å². The Morgan fingerprint density at radius 2 is 2.08 bits per heavy atom. The zero-order chi connectivity index (χ0) is 19.3. The van der Waals surface area contributed by atoms with E-state index in [1.807, 2.05) is 0 Å². The summed E-state index contributed by atoms with van der Waals surface area (Å²) < 4.78 is 5.26. The lowest BCUT2D eigenvalue weighted by atomic mass is 9.89. The van der Waals surface area contributed by atoms with Crippen LogP contribution in [0.4, 0.5) is 10.5 Å². The van der Waals surface area contributed by atoms with Gasteiger partial charge in [-0.15, -0.1) is 0 Å². The number of nitrogens with zero attached hydrogens (tertiary/aromatic N) is 2. The van der Waals surface area contributed by atoms with Crippen molar-refractivity contribution in [3.8, 4) is 0 Å². The number of ether oxygens (including phenoxy) is 1. The lowest BCUT2D eigenvalue weighted by Crippen LogP contribution is -2.56. The van der Waals surface area contributed by atoms with Crippen LogP contribution in [0.5, 0.6) is 0 Å². The van der Waals surface area contributed by atoms with E-state index in [9.17, 15) is 19.7 Å². The number of nitro groups is 1. The van der Waals surface area contributed by atoms with Crippen LogP contribution in [0.25, 0.3) is 0 Å². The molecule has 10 heteroatoms. The number of rotatable bonds is 7. The zero-order valence-electron chi connectivity index (χ0n) is 14.0. The quantitative estimate of drug-likeness (QED) is 0.368. The minimum Gasteiger partial charge on any atom is -0.445 e. The fraction of sp³-hybridized carbons (Fsp3) is 0.500. The highest BCUT2D eigenvalue weighted by Gasteiger charge is 2.51. The van der Waals surface area contributed by atoms with Crippen LogP contribution >= 0.6 is 12.6 Å². The van der Waals surface area contributed by atoms with Crippen molar-refractivity contribution in [2.45, 2.75) is 36.7 Å². The molecule has 0 bridgehead atoms. The number of thiol groups is 1. The molecule has 1 heterocycles. The highest BCUT2D eigenvalue weighted by Crippen LogP contribution is 2.36. The average Bonchev–Trinajstić information content (AvgIpc) is 2.96. The Morgan fingerprint density at radius 3 is 2.62 bits per heavy atom. The Morgan fingerprint density at radius 1 is 1.42 bits per heavy atom. The number of hydrogen-bond acceptors (Lipinski definition) is 7. The molecule has 0 aromatic heterocycles. The number of aliphatic hydroxyl groups is 1. The van der Waals surface area contributed by atoms with E-state index < -0.39 is 22.5 Å². The fourth-order valence-electron chi connectivity index (χ4n) is 3.10. The number of carbonyl (C=O) groups excluding carboxylic acids is 2. The number of nitrogens with two attached hydrogens (primary N) is 1. The van der Waals surface area contributed by atoms with E-state index in [-0.39, 0.29) is 43.5 Å². The lowest BCUT2D eigenvalue weighted by Gasteiger charge is -2.34. The molecule has 9 nitrogen and oxygen atoms in total. The van der Waals surface area contributed by atoms with Crippen molar-refractivity contribution in [3.63, 3.8) is 0 Å². The maximum atomic E-state index is 12.5. The summed E-state index contributed by atoms with van der Waals surface area (Å²) in [5, 5.41) is 19.5. The molecular formula is C16H21N3O6S. The van der Waals surface area contributed by atoms with Gasteiger partial charge in [0.2, 0.25) is 5.91 Å². The summed E-state index contributed by atoms with van der Waals surface area (Å²) in [7, 11) is 0. The molecule has 1 aromatic rings. The van der Waals surface area contributed by atoms with Gasteiger partial charge in [-0.1, -0.05) is 0 Å². The second-order valence-corrected chi connectivity index (χ2v) is 6.90. The van der Waals surface area contributed by atoms with Gasteiger partial charge in [0.25, 0.3) is 5.69 Å². The van der Waals surface area contributed by atoms with Gasteiger partial charge in [-0.25, -0.2) is 4.79 Å². The molecule has 2 atom stereocenters. The summed E-state index contributed by atoms with van der Waals surface area (Å²) in [6.45, 7) is -0.0199. The average molecular weight is 383 g/mol. The molecule has 0 aliphatic carbocycles. The van der Waals surface area contributed by atoms with Gasteiger partial charge in [0.05, 0.1) is 4.92 Å². The topological polar surface area (TPSA) is 136 Å². The number of benzene rings is 1. The summed E-state index contributed by atoms with van der Waals surface area (Å²) in [4.78, 5) is 36.0. The van der Waals surface area contributed by atoms with Crippen molar-refractivity contribution in [1.82, 2.24) is 4.90 Å². The SMILES string of the molecule is NC(=O)[C@]1(CCCO)C[C@H](S)CN1C(=O)OCc1ccc([N+](=O)[O-])cc1. The molecule has 3 N–H and O–H groups in total. The zero-order valence-corrected chi connectivity index (χ0v) is 14.9. The van der Waals surface area contributed by atoms with E-state index in [4.69, 9.17) is 15.6 Å². The molecule has 2 amide bonds. The minimum atomic E-state index is -1.23. The van der Waals surface area contributed by atoms with E-state index in [0.717, 1.165) is 0 Å². The van der Waals surface area contributed by atoms with Crippen molar-refractivity contribution < 1.29 is 24.4 Å². The molecular weight excluding hydrogens is 362 g/mol. The molecule has 0 saturated carbocycles. The predicted molar refractivity (Wildman–Crippen MR) is 95.6 cm³/mol. The predicted octanol–water partition coefficient (Wildman–Crippen LogP) is 1.23. The number of nitro benzene ring substituents is 1. The number of primary amides is 1. The maximum Gasteiger partial charge on any atom is 0.411 e. The second-order valence-electron chi connectivity index (χ2n) is 6.17. The summed E-state index contributed by atoms with van der Waals surface area (Å²) >= 11 is 4.36. The maximum absolute atomic E-state index is 12.5. The monoisotopic (exact) mass is 383 g/mol. The lowest BCUT2D eigenvalue weighted by molar-refractivity contribution is -0.384. The molecule has 1 fully saturated rings. The third-order valence-corrected chi connectivity index (χ3v) is 4.77. The Kier molecular flexibility index (Phi) is 6.43. The summed E-state index contributed by atoms with van der Waals surface area (Å²) in [6, 6.07) is 5.61. The van der Waals surface area contributed by atoms with Gasteiger partial charge in [-0.05, 0) is 37.0 Å². The van der Waals surface area contributed by atoms with Gasteiger partial charge in [-0.2, -0.15) is 12.6 Å². The van der Waals surface area contributed by atoms with Crippen LogP contribution in [-0.4, -0.2) is 50.9 Å². The molecule has 1 aliphatic rings. The number of carbonyl (C=O) groups is 2. The largest absolute Gasteiger partial charge is 0.445 e. The summed E-state index contributed by atoms with van der Waals surface area (Å²) in [5.74, 6) is -0.658. The molecule has 26 heavy (non-hydrogen) atoms. The molecule has 1 aliphatic heterocycles. The van der Waals surface area contributed by atoms with E-state index in [0.29, 0.717) is 12.0 Å². The van der Waals surface area contributed by atoms with Crippen molar-refractivity contribution in [3.05, 3.63) is 39.9 Å². The van der Waals surface area contributed by atoms with E-state index >= 15 is 0 Å². The van der Waals surface area contributed by atoms with Crippen LogP contribution in [0, 0.1) is 10.1 Å². The number of amides is 2. The fourth-order valence-corrected chi connectivity index (χ4v) is 3.57. The third kappa shape index (κ3) is 4.25. The minimum absolute atomic E-state index is 0.0608. The molecule has 0 unspecified atom stereocenters. The molecule has 2 rings (SSSR count). The van der Waals surface area contributed by atoms with Gasteiger partial charge in [-0.3, -0.25) is 19.8 Å². The summed E-state index contributed by atoms with van der Waals surface area (Å²) in [6.07, 6.45) is 0.118. The van der Waals surface area contributed by atoms with Gasteiger partial charge in [0, 0.05) is 30.5 Å². The smallest absolute Gasteiger partial charge is 0.411 e. The van der Waals surface area contributed by atoms with Crippen LogP contribution in [0.1, 0.15) is 24.8 Å². The normalized spacial score (nSPS) is 22.2. The molecule has 0 radical (unpaired) electrons. The molecule has 1 saturated heterocycles. The standard InChI is InChI=1S/C16H21N3O6S/c17-14(21)16(6-1-7-20)8-13(26)9-18(16)15(22)25-10-11-2-4-12(5-3-11)19(23)24/h2-5,13,20,26H,1,6-10H2,(H2,17,21)/t13-,16-/m0/s1. The van der Waals surface area contributed by atoms with E-state index in [1.165, 1.54) is 29.2 Å². The molecule has 1 aromatic carbocycles. The van der Waals surface area contributed by atoms with E-state index in [1.54, 1.807) is 0 Å². The van der Waals surface area contributed by atoms with Crippen LogP contribution in [0.2, 0.25) is 0 Å². The first kappa shape index (κ1) is 20.0. The van der Waals surface area contributed by atoms with Crippen LogP contribution in [0.3, 0.4) is 0 Å². The Labute approximate surface area is 155 Å². The third-order valence-electron chi connectivity index (χ3n) is 4.42. The second kappa shape index (κ2) is 8.37. The highest BCUT2D eigenvalue weighted by atomic mass is 32.1. The van der Waals surface area contributed by atoms with Crippen molar-refractivity contribution in [1.29, 1.82) is 0 Å². The Balaban J connectivity index is 2.08. The van der Waals surface area contributed by atoms with Crippen molar-refractivity contribution >= 4 is 30.3 Å². The van der Waals surface area contributed by atoms with Gasteiger partial charge in [0.15, 0.2) is 0 Å². The number of aliphatic hydroxyl groups excluding tert-OH is 1. The first-order valence-electron chi connectivity index (χ1n) is 8.06. The van der Waals surface area contributed by atoms with Crippen LogP contribution < -0.4 is 5.73 Å².